The first-order chi connectivity index (χ1) is 8.54. The lowest BCUT2D eigenvalue weighted by atomic mass is 9.76. The summed E-state index contributed by atoms with van der Waals surface area (Å²) in [6, 6.07) is 6.87. The average Bonchev–Trinajstić information content (AvgIpc) is 2.37. The van der Waals surface area contributed by atoms with Crippen molar-refractivity contribution in [3.05, 3.63) is 29.8 Å². The Morgan fingerprint density at radius 3 is 2.56 bits per heavy atom. The Balaban J connectivity index is 2.43. The van der Waals surface area contributed by atoms with Crippen LogP contribution in [0.4, 0.5) is 0 Å². The fourth-order valence-electron chi connectivity index (χ4n) is 2.88. The van der Waals surface area contributed by atoms with Gasteiger partial charge in [0.1, 0.15) is 0 Å². The van der Waals surface area contributed by atoms with Crippen LogP contribution < -0.4 is 5.14 Å². The van der Waals surface area contributed by atoms with E-state index in [0.717, 1.165) is 31.2 Å². The predicted molar refractivity (Wildman–Crippen MR) is 69.6 cm³/mol. The molecule has 0 bridgehead atoms. The van der Waals surface area contributed by atoms with E-state index in [1.54, 1.807) is 12.1 Å². The van der Waals surface area contributed by atoms with Crippen LogP contribution in [0, 0.1) is 5.92 Å². The second-order valence-corrected chi connectivity index (χ2v) is 6.45. The molecule has 0 radical (unpaired) electrons. The molecule has 0 aliphatic heterocycles. The molecule has 0 heterocycles. The molecule has 1 saturated carbocycles. The maximum atomic E-state index is 11.6. The third-order valence-corrected chi connectivity index (χ3v) is 4.75. The lowest BCUT2D eigenvalue weighted by molar-refractivity contribution is 0.168. The summed E-state index contributed by atoms with van der Waals surface area (Å²) in [6.07, 6.45) is 4.03. The highest BCUT2D eigenvalue weighted by atomic mass is 32.2. The number of aliphatic hydroxyl groups excluding tert-OH is 1. The van der Waals surface area contributed by atoms with Crippen molar-refractivity contribution in [1.29, 1.82) is 0 Å². The molecule has 100 valence electrons. The highest BCUT2D eigenvalue weighted by Crippen LogP contribution is 2.39. The number of primary sulfonamides is 1. The summed E-state index contributed by atoms with van der Waals surface area (Å²) in [6.45, 7) is 0.101. The van der Waals surface area contributed by atoms with Gasteiger partial charge in [-0.1, -0.05) is 31.0 Å². The van der Waals surface area contributed by atoms with Crippen LogP contribution in [-0.2, 0) is 10.0 Å². The van der Waals surface area contributed by atoms with Gasteiger partial charge in [0, 0.05) is 6.61 Å². The molecule has 3 N–H and O–H groups in total. The normalized spacial score (nSPS) is 25.0. The van der Waals surface area contributed by atoms with Gasteiger partial charge in [-0.3, -0.25) is 0 Å². The number of hydrogen-bond acceptors (Lipinski definition) is 3. The van der Waals surface area contributed by atoms with E-state index in [-0.39, 0.29) is 23.3 Å². The molecule has 4 nitrogen and oxygen atoms in total. The van der Waals surface area contributed by atoms with Crippen molar-refractivity contribution in [2.24, 2.45) is 11.1 Å². The Labute approximate surface area is 108 Å². The number of hydrogen-bond donors (Lipinski definition) is 2. The second-order valence-electron chi connectivity index (χ2n) is 4.92. The largest absolute Gasteiger partial charge is 0.396 e. The molecule has 18 heavy (non-hydrogen) atoms. The van der Waals surface area contributed by atoms with Crippen LogP contribution >= 0.6 is 0 Å². The van der Waals surface area contributed by atoms with E-state index in [9.17, 15) is 13.5 Å². The van der Waals surface area contributed by atoms with Crippen LogP contribution in [0.3, 0.4) is 0 Å². The molecule has 0 amide bonds. The van der Waals surface area contributed by atoms with Crippen LogP contribution in [-0.4, -0.2) is 20.1 Å². The van der Waals surface area contributed by atoms with E-state index in [1.165, 1.54) is 0 Å². The van der Waals surface area contributed by atoms with Crippen molar-refractivity contribution in [3.8, 4) is 0 Å². The summed E-state index contributed by atoms with van der Waals surface area (Å²) in [5.74, 6) is 0.236. The lowest BCUT2D eigenvalue weighted by Gasteiger charge is -2.31. The first-order valence-electron chi connectivity index (χ1n) is 6.26. The van der Waals surface area contributed by atoms with Crippen molar-refractivity contribution in [2.75, 3.05) is 6.61 Å². The van der Waals surface area contributed by atoms with Crippen LogP contribution in [0.15, 0.2) is 29.2 Å². The Hall–Kier alpha value is -0.910. The van der Waals surface area contributed by atoms with Crippen LogP contribution in [0.25, 0.3) is 0 Å². The zero-order chi connectivity index (χ0) is 13.2. The zero-order valence-electron chi connectivity index (χ0n) is 10.2. The van der Waals surface area contributed by atoms with Crippen LogP contribution in [0.2, 0.25) is 0 Å². The quantitative estimate of drug-likeness (QED) is 0.874. The number of sulfonamides is 1. The molecule has 0 spiro atoms. The van der Waals surface area contributed by atoms with Crippen molar-refractivity contribution < 1.29 is 13.5 Å². The molecular weight excluding hydrogens is 250 g/mol. The third kappa shape index (κ3) is 2.74. The maximum Gasteiger partial charge on any atom is 0.238 e. The van der Waals surface area contributed by atoms with E-state index in [2.05, 4.69) is 0 Å². The Morgan fingerprint density at radius 2 is 1.89 bits per heavy atom. The van der Waals surface area contributed by atoms with E-state index in [4.69, 9.17) is 5.14 Å². The van der Waals surface area contributed by atoms with Crippen LogP contribution in [0.1, 0.15) is 37.2 Å². The fourth-order valence-corrected chi connectivity index (χ4v) is 3.70. The van der Waals surface area contributed by atoms with Gasteiger partial charge in [0.25, 0.3) is 0 Å². The SMILES string of the molecule is NS(=O)(=O)c1ccccc1C1CCCCC1CO. The van der Waals surface area contributed by atoms with Gasteiger partial charge in [-0.05, 0) is 36.3 Å². The Kier molecular flexibility index (Phi) is 4.04. The molecule has 0 saturated heterocycles. The zero-order valence-corrected chi connectivity index (χ0v) is 11.1. The molecule has 1 fully saturated rings. The smallest absolute Gasteiger partial charge is 0.238 e. The molecule has 1 aliphatic rings. The predicted octanol–water partition coefficient (Wildman–Crippen LogP) is 1.60. The number of benzene rings is 1. The minimum absolute atomic E-state index is 0.0956. The van der Waals surface area contributed by atoms with Crippen molar-refractivity contribution >= 4 is 10.0 Å². The summed E-state index contributed by atoms with van der Waals surface area (Å²) in [7, 11) is -3.70. The van der Waals surface area contributed by atoms with E-state index >= 15 is 0 Å². The number of aliphatic hydroxyl groups is 1. The van der Waals surface area contributed by atoms with Gasteiger partial charge in [0.05, 0.1) is 4.90 Å². The van der Waals surface area contributed by atoms with Crippen molar-refractivity contribution in [1.82, 2.24) is 0 Å². The van der Waals surface area contributed by atoms with Gasteiger partial charge in [-0.15, -0.1) is 0 Å². The van der Waals surface area contributed by atoms with Gasteiger partial charge in [-0.2, -0.15) is 0 Å². The highest BCUT2D eigenvalue weighted by Gasteiger charge is 2.29. The number of rotatable bonds is 3. The summed E-state index contributed by atoms with van der Waals surface area (Å²) < 4.78 is 23.2. The second kappa shape index (κ2) is 5.38. The average molecular weight is 269 g/mol. The van der Waals surface area contributed by atoms with Gasteiger partial charge in [0.2, 0.25) is 10.0 Å². The molecule has 2 unspecified atom stereocenters. The summed E-state index contributed by atoms with van der Waals surface area (Å²) >= 11 is 0. The van der Waals surface area contributed by atoms with Crippen molar-refractivity contribution in [3.63, 3.8) is 0 Å². The van der Waals surface area contributed by atoms with Gasteiger partial charge < -0.3 is 5.11 Å². The van der Waals surface area contributed by atoms with Gasteiger partial charge >= 0.3 is 0 Å². The monoisotopic (exact) mass is 269 g/mol. The Morgan fingerprint density at radius 1 is 1.22 bits per heavy atom. The van der Waals surface area contributed by atoms with Crippen molar-refractivity contribution in [2.45, 2.75) is 36.5 Å². The van der Waals surface area contributed by atoms with E-state index in [0.29, 0.717) is 0 Å². The molecular formula is C13H19NO3S. The third-order valence-electron chi connectivity index (χ3n) is 3.77. The Bertz CT molecular complexity index is 513. The number of nitrogens with two attached hydrogens (primary N) is 1. The van der Waals surface area contributed by atoms with Crippen LogP contribution in [0.5, 0.6) is 0 Å². The molecule has 2 rings (SSSR count). The first kappa shape index (κ1) is 13.5. The maximum absolute atomic E-state index is 11.6. The molecule has 1 aliphatic carbocycles. The summed E-state index contributed by atoms with van der Waals surface area (Å²) in [5, 5.41) is 14.7. The first-order valence-corrected chi connectivity index (χ1v) is 7.81. The molecule has 5 heteroatoms. The molecule has 2 atom stereocenters. The van der Waals surface area contributed by atoms with Gasteiger partial charge in [-0.25, -0.2) is 13.6 Å². The minimum Gasteiger partial charge on any atom is -0.396 e. The van der Waals surface area contributed by atoms with E-state index in [1.807, 2.05) is 12.1 Å². The molecule has 1 aromatic rings. The van der Waals surface area contributed by atoms with E-state index < -0.39 is 10.0 Å². The topological polar surface area (TPSA) is 80.4 Å². The highest BCUT2D eigenvalue weighted by molar-refractivity contribution is 7.89. The molecule has 0 aromatic heterocycles. The van der Waals surface area contributed by atoms with Gasteiger partial charge in [0.15, 0.2) is 0 Å². The molecule has 1 aromatic carbocycles. The lowest BCUT2D eigenvalue weighted by Crippen LogP contribution is -2.24. The summed E-state index contributed by atoms with van der Waals surface area (Å²) in [4.78, 5) is 0.204. The minimum atomic E-state index is -3.70. The summed E-state index contributed by atoms with van der Waals surface area (Å²) in [5.41, 5.74) is 0.763. The fraction of sp³-hybridized carbons (Fsp3) is 0.538. The standard InChI is InChI=1S/C13H19NO3S/c14-18(16,17)13-8-4-3-7-12(13)11-6-2-1-5-10(11)9-15/h3-4,7-8,10-11,15H,1-2,5-6,9H2,(H2,14,16,17).